The minimum absolute atomic E-state index is 0.779. The summed E-state index contributed by atoms with van der Waals surface area (Å²) in [6.45, 7) is 10.1. The topological polar surface area (TPSA) is 15.3 Å². The Morgan fingerprint density at radius 2 is 1.93 bits per heavy atom. The minimum Gasteiger partial charge on any atom is -0.363 e. The van der Waals surface area contributed by atoms with Crippen molar-refractivity contribution in [2.24, 2.45) is 11.8 Å². The van der Waals surface area contributed by atoms with E-state index in [0.717, 1.165) is 36.6 Å². The van der Waals surface area contributed by atoms with Crippen LogP contribution in [0.1, 0.15) is 33.6 Å². The van der Waals surface area contributed by atoms with Crippen LogP contribution in [0.3, 0.4) is 0 Å². The van der Waals surface area contributed by atoms with Gasteiger partial charge in [-0.1, -0.05) is 27.2 Å². The summed E-state index contributed by atoms with van der Waals surface area (Å²) in [7, 11) is 0. The lowest BCUT2D eigenvalue weighted by Gasteiger charge is -2.20. The van der Waals surface area contributed by atoms with Gasteiger partial charge >= 0.3 is 0 Å². The molecule has 0 spiro atoms. The predicted molar refractivity (Wildman–Crippen MR) is 65.4 cm³/mol. The summed E-state index contributed by atoms with van der Waals surface area (Å²) in [6, 6.07) is 0. The zero-order chi connectivity index (χ0) is 10.6. The number of rotatable bonds is 3. The molecule has 0 aliphatic carbocycles. The molecule has 2 unspecified atom stereocenters. The highest BCUT2D eigenvalue weighted by Crippen LogP contribution is 2.21. The average molecular weight is 214 g/mol. The lowest BCUT2D eigenvalue weighted by Crippen LogP contribution is -2.38. The van der Waals surface area contributed by atoms with Crippen molar-refractivity contribution >= 4 is 17.3 Å². The lowest BCUT2D eigenvalue weighted by atomic mass is 10.0. The molecule has 2 nitrogen and oxygen atoms in total. The molecule has 1 saturated heterocycles. The van der Waals surface area contributed by atoms with Gasteiger partial charge in [0.15, 0.2) is 5.11 Å². The number of nitrogens with zero attached hydrogens (tertiary/aromatic N) is 1. The van der Waals surface area contributed by atoms with Crippen LogP contribution >= 0.6 is 12.2 Å². The summed E-state index contributed by atoms with van der Waals surface area (Å²) in [5.41, 5.74) is 0. The molecule has 0 aromatic carbocycles. The molecule has 0 radical (unpaired) electrons. The third kappa shape index (κ3) is 3.12. The molecule has 1 aliphatic heterocycles. The zero-order valence-corrected chi connectivity index (χ0v) is 10.4. The van der Waals surface area contributed by atoms with Crippen LogP contribution in [0.4, 0.5) is 0 Å². The second-order valence-electron chi connectivity index (χ2n) is 4.45. The molecule has 0 aromatic heterocycles. The third-order valence-corrected chi connectivity index (χ3v) is 3.48. The first-order valence-electron chi connectivity index (χ1n) is 5.68. The maximum Gasteiger partial charge on any atom is 0.168 e. The number of likely N-dealkylation sites (tertiary alicyclic amines) is 1. The van der Waals surface area contributed by atoms with Crippen LogP contribution in [0.15, 0.2) is 0 Å². The normalized spacial score (nSPS) is 26.6. The van der Waals surface area contributed by atoms with E-state index < -0.39 is 0 Å². The van der Waals surface area contributed by atoms with Crippen molar-refractivity contribution < 1.29 is 0 Å². The standard InChI is InChI=1S/C11H22N2S/c1-4-5-6-12-11(14)13-7-9(2)10(3)8-13/h9-10H,4-8H2,1-3H3,(H,12,14). The molecule has 3 heteroatoms. The molecule has 0 saturated carbocycles. The van der Waals surface area contributed by atoms with Gasteiger partial charge in [0.05, 0.1) is 0 Å². The van der Waals surface area contributed by atoms with Crippen LogP contribution in [0.25, 0.3) is 0 Å². The fraction of sp³-hybridized carbons (Fsp3) is 0.909. The smallest absolute Gasteiger partial charge is 0.168 e. The van der Waals surface area contributed by atoms with Gasteiger partial charge in [-0.15, -0.1) is 0 Å². The van der Waals surface area contributed by atoms with Crippen molar-refractivity contribution in [2.45, 2.75) is 33.6 Å². The Kier molecular flexibility index (Phi) is 4.66. The lowest BCUT2D eigenvalue weighted by molar-refractivity contribution is 0.482. The Bertz CT molecular complexity index is 184. The Labute approximate surface area is 93.1 Å². The average Bonchev–Trinajstić information content (AvgIpc) is 2.47. The largest absolute Gasteiger partial charge is 0.363 e. The molecule has 1 N–H and O–H groups in total. The fourth-order valence-electron chi connectivity index (χ4n) is 1.78. The van der Waals surface area contributed by atoms with E-state index in [4.69, 9.17) is 12.2 Å². The maximum absolute atomic E-state index is 5.35. The van der Waals surface area contributed by atoms with Crippen LogP contribution < -0.4 is 5.32 Å². The van der Waals surface area contributed by atoms with Gasteiger partial charge in [0, 0.05) is 19.6 Å². The molecule has 1 fully saturated rings. The van der Waals surface area contributed by atoms with E-state index in [9.17, 15) is 0 Å². The van der Waals surface area contributed by atoms with Crippen LogP contribution in [-0.2, 0) is 0 Å². The zero-order valence-electron chi connectivity index (χ0n) is 9.55. The van der Waals surface area contributed by atoms with Crippen molar-refractivity contribution in [3.05, 3.63) is 0 Å². The minimum atomic E-state index is 0.779. The van der Waals surface area contributed by atoms with Crippen LogP contribution in [0.2, 0.25) is 0 Å². The Morgan fingerprint density at radius 3 is 2.43 bits per heavy atom. The summed E-state index contributed by atoms with van der Waals surface area (Å²) in [6.07, 6.45) is 2.43. The Balaban J connectivity index is 2.25. The van der Waals surface area contributed by atoms with Gasteiger partial charge in [-0.3, -0.25) is 0 Å². The van der Waals surface area contributed by atoms with E-state index in [1.807, 2.05) is 0 Å². The van der Waals surface area contributed by atoms with Gasteiger partial charge in [0.1, 0.15) is 0 Å². The van der Waals surface area contributed by atoms with Crippen LogP contribution in [-0.4, -0.2) is 29.6 Å². The van der Waals surface area contributed by atoms with E-state index in [1.165, 1.54) is 12.8 Å². The van der Waals surface area contributed by atoms with E-state index in [1.54, 1.807) is 0 Å². The highest BCUT2D eigenvalue weighted by atomic mass is 32.1. The molecular formula is C11H22N2S. The van der Waals surface area contributed by atoms with Crippen molar-refractivity contribution in [1.82, 2.24) is 10.2 Å². The first-order chi connectivity index (χ1) is 6.65. The number of hydrogen-bond acceptors (Lipinski definition) is 1. The van der Waals surface area contributed by atoms with Crippen molar-refractivity contribution in [3.63, 3.8) is 0 Å². The summed E-state index contributed by atoms with van der Waals surface area (Å²) >= 11 is 5.35. The molecule has 0 aromatic rings. The van der Waals surface area contributed by atoms with Gasteiger partial charge in [0.2, 0.25) is 0 Å². The molecule has 2 atom stereocenters. The molecule has 14 heavy (non-hydrogen) atoms. The van der Waals surface area contributed by atoms with Crippen molar-refractivity contribution in [3.8, 4) is 0 Å². The maximum atomic E-state index is 5.35. The third-order valence-electron chi connectivity index (χ3n) is 3.08. The summed E-state index contributed by atoms with van der Waals surface area (Å²) in [5, 5.41) is 4.28. The quantitative estimate of drug-likeness (QED) is 0.573. The summed E-state index contributed by atoms with van der Waals surface area (Å²) in [5.74, 6) is 1.56. The molecule has 82 valence electrons. The highest BCUT2D eigenvalue weighted by molar-refractivity contribution is 7.80. The molecule has 1 heterocycles. The van der Waals surface area contributed by atoms with Gasteiger partial charge in [-0.05, 0) is 30.5 Å². The van der Waals surface area contributed by atoms with Crippen molar-refractivity contribution in [1.29, 1.82) is 0 Å². The van der Waals surface area contributed by atoms with Gasteiger partial charge in [-0.2, -0.15) is 0 Å². The number of hydrogen-bond donors (Lipinski definition) is 1. The van der Waals surface area contributed by atoms with Crippen LogP contribution in [0.5, 0.6) is 0 Å². The number of nitrogens with one attached hydrogen (secondary N) is 1. The first kappa shape index (κ1) is 11.8. The number of thiocarbonyl (C=S) groups is 1. The Hall–Kier alpha value is -0.310. The van der Waals surface area contributed by atoms with E-state index in [2.05, 4.69) is 31.0 Å². The summed E-state index contributed by atoms with van der Waals surface area (Å²) < 4.78 is 0. The molecule has 1 rings (SSSR count). The van der Waals surface area contributed by atoms with E-state index in [-0.39, 0.29) is 0 Å². The van der Waals surface area contributed by atoms with Crippen molar-refractivity contribution in [2.75, 3.05) is 19.6 Å². The first-order valence-corrected chi connectivity index (χ1v) is 6.08. The van der Waals surface area contributed by atoms with Gasteiger partial charge in [0.25, 0.3) is 0 Å². The van der Waals surface area contributed by atoms with Gasteiger partial charge < -0.3 is 10.2 Å². The monoisotopic (exact) mass is 214 g/mol. The van der Waals surface area contributed by atoms with E-state index in [0.29, 0.717) is 0 Å². The predicted octanol–water partition coefficient (Wildman–Crippen LogP) is 2.25. The SMILES string of the molecule is CCCCNC(=S)N1CC(C)C(C)C1. The fourth-order valence-corrected chi connectivity index (χ4v) is 2.03. The molecule has 0 amide bonds. The van der Waals surface area contributed by atoms with Gasteiger partial charge in [-0.25, -0.2) is 0 Å². The number of unbranched alkanes of at least 4 members (excludes halogenated alkanes) is 1. The molecule has 1 aliphatic rings. The molecule has 0 bridgehead atoms. The highest BCUT2D eigenvalue weighted by Gasteiger charge is 2.27. The van der Waals surface area contributed by atoms with E-state index >= 15 is 0 Å². The summed E-state index contributed by atoms with van der Waals surface area (Å²) in [4.78, 5) is 2.31. The van der Waals surface area contributed by atoms with Crippen LogP contribution in [0, 0.1) is 11.8 Å². The second kappa shape index (κ2) is 5.54. The Morgan fingerprint density at radius 1 is 1.36 bits per heavy atom. The molecular weight excluding hydrogens is 192 g/mol. The second-order valence-corrected chi connectivity index (χ2v) is 4.83.